The number of carbonyl (C=O) groups is 2. The quantitative estimate of drug-likeness (QED) is 0.468. The number of carbonyl (C=O) groups excluding carboxylic acids is 2. The third-order valence-electron chi connectivity index (χ3n) is 5.03. The molecule has 1 aliphatic carbocycles. The van der Waals surface area contributed by atoms with Crippen LogP contribution in [-0.4, -0.2) is 18.7 Å². The molecule has 3 nitrogen and oxygen atoms in total. The molecule has 3 aromatic carbocycles. The number of thiophene rings is 1. The van der Waals surface area contributed by atoms with Crippen molar-refractivity contribution in [1.29, 1.82) is 0 Å². The monoisotopic (exact) mass is 369 g/mol. The van der Waals surface area contributed by atoms with Crippen LogP contribution in [0.5, 0.6) is 0 Å². The van der Waals surface area contributed by atoms with E-state index in [1.54, 1.807) is 30.5 Å². The van der Waals surface area contributed by atoms with Crippen molar-refractivity contribution in [2.75, 3.05) is 7.05 Å². The molecule has 1 heterocycles. The fourth-order valence-electron chi connectivity index (χ4n) is 3.80. The number of ketones is 1. The molecule has 0 fully saturated rings. The van der Waals surface area contributed by atoms with Gasteiger partial charge in [0, 0.05) is 38.7 Å². The minimum Gasteiger partial charge on any atom is -0.355 e. The Morgan fingerprint density at radius 1 is 0.852 bits per heavy atom. The van der Waals surface area contributed by atoms with Crippen LogP contribution in [0, 0.1) is 0 Å². The Labute approximate surface area is 160 Å². The van der Waals surface area contributed by atoms with Gasteiger partial charge in [0.1, 0.15) is 0 Å². The van der Waals surface area contributed by atoms with Gasteiger partial charge in [0.2, 0.25) is 0 Å². The highest BCUT2D eigenvalue weighted by molar-refractivity contribution is 7.23. The molecule has 0 spiro atoms. The van der Waals surface area contributed by atoms with Gasteiger partial charge in [-0.1, -0.05) is 54.6 Å². The molecule has 0 unspecified atom stereocenters. The molecule has 1 N–H and O–H groups in total. The van der Waals surface area contributed by atoms with E-state index in [4.69, 9.17) is 0 Å². The molecular weight excluding hydrogens is 354 g/mol. The van der Waals surface area contributed by atoms with E-state index < -0.39 is 0 Å². The summed E-state index contributed by atoms with van der Waals surface area (Å²) >= 11 is 1.58. The molecule has 0 saturated heterocycles. The van der Waals surface area contributed by atoms with E-state index in [0.717, 1.165) is 37.2 Å². The third kappa shape index (κ3) is 2.20. The number of benzene rings is 3. The first-order valence-corrected chi connectivity index (χ1v) is 9.53. The Morgan fingerprint density at radius 2 is 1.56 bits per heavy atom. The lowest BCUT2D eigenvalue weighted by Gasteiger charge is -2.18. The first-order chi connectivity index (χ1) is 13.2. The topological polar surface area (TPSA) is 46.2 Å². The van der Waals surface area contributed by atoms with Crippen molar-refractivity contribution in [1.82, 2.24) is 5.32 Å². The zero-order valence-corrected chi connectivity index (χ0v) is 15.4. The lowest BCUT2D eigenvalue weighted by molar-refractivity contribution is 0.0963. The average molecular weight is 369 g/mol. The van der Waals surface area contributed by atoms with Crippen LogP contribution in [0.1, 0.15) is 26.3 Å². The van der Waals surface area contributed by atoms with Crippen molar-refractivity contribution in [3.63, 3.8) is 0 Å². The summed E-state index contributed by atoms with van der Waals surface area (Å²) in [5.74, 6) is -0.121. The summed E-state index contributed by atoms with van der Waals surface area (Å²) in [6.07, 6.45) is 0. The van der Waals surface area contributed by atoms with Gasteiger partial charge in [0.25, 0.3) is 5.91 Å². The first kappa shape index (κ1) is 16.0. The van der Waals surface area contributed by atoms with Gasteiger partial charge < -0.3 is 5.32 Å². The van der Waals surface area contributed by atoms with Crippen molar-refractivity contribution >= 4 is 33.1 Å². The van der Waals surface area contributed by atoms with E-state index in [9.17, 15) is 9.59 Å². The van der Waals surface area contributed by atoms with Gasteiger partial charge in [0.05, 0.1) is 5.56 Å². The van der Waals surface area contributed by atoms with Gasteiger partial charge in [-0.05, 0) is 23.3 Å². The minimum absolute atomic E-state index is 0.0176. The first-order valence-electron chi connectivity index (χ1n) is 8.72. The Kier molecular flexibility index (Phi) is 3.49. The molecule has 1 amide bonds. The van der Waals surface area contributed by atoms with E-state index in [2.05, 4.69) is 17.4 Å². The zero-order valence-electron chi connectivity index (χ0n) is 14.6. The van der Waals surface area contributed by atoms with Crippen molar-refractivity contribution in [3.8, 4) is 21.6 Å². The highest BCUT2D eigenvalue weighted by Gasteiger charge is 2.31. The number of hydrogen-bond donors (Lipinski definition) is 1. The molecule has 0 radical (unpaired) electrons. The van der Waals surface area contributed by atoms with Crippen molar-refractivity contribution in [2.45, 2.75) is 0 Å². The normalized spacial score (nSPS) is 12.1. The van der Waals surface area contributed by atoms with E-state index >= 15 is 0 Å². The highest BCUT2D eigenvalue weighted by atomic mass is 32.1. The van der Waals surface area contributed by atoms with Crippen LogP contribution in [0.4, 0.5) is 0 Å². The van der Waals surface area contributed by atoms with Gasteiger partial charge >= 0.3 is 0 Å². The predicted octanol–water partition coefficient (Wildman–Crippen LogP) is 5.14. The summed E-state index contributed by atoms with van der Waals surface area (Å²) in [4.78, 5) is 26.6. The number of amides is 1. The summed E-state index contributed by atoms with van der Waals surface area (Å²) in [6, 6.07) is 21.4. The van der Waals surface area contributed by atoms with E-state index in [0.29, 0.717) is 11.1 Å². The van der Waals surface area contributed by atoms with Crippen LogP contribution < -0.4 is 5.32 Å². The average Bonchev–Trinajstić information content (AvgIpc) is 3.13. The van der Waals surface area contributed by atoms with Gasteiger partial charge in [-0.25, -0.2) is 0 Å². The SMILES string of the molecule is CNC(=O)c1ccc2c3c(c(-c4ccccc4)sc13)-c1ccccc1C2=O. The highest BCUT2D eigenvalue weighted by Crippen LogP contribution is 2.50. The molecule has 4 aromatic rings. The number of rotatable bonds is 2. The summed E-state index contributed by atoms with van der Waals surface area (Å²) in [6.45, 7) is 0. The number of hydrogen-bond acceptors (Lipinski definition) is 3. The fraction of sp³-hybridized carbons (Fsp3) is 0.0435. The van der Waals surface area contributed by atoms with Crippen LogP contribution in [0.2, 0.25) is 0 Å². The number of nitrogens with one attached hydrogen (secondary N) is 1. The Hall–Kier alpha value is -3.24. The second kappa shape index (κ2) is 5.89. The minimum atomic E-state index is -0.139. The molecule has 5 rings (SSSR count). The van der Waals surface area contributed by atoms with Crippen LogP contribution in [0.25, 0.3) is 31.7 Å². The standard InChI is InChI=1S/C23H15NO2S/c1-24-23(26)17-12-11-16-19-18(14-9-5-6-10-15(14)20(16)25)21(27-22(17)19)13-7-3-2-4-8-13/h2-12H,1H3,(H,24,26). The fourth-order valence-corrected chi connectivity index (χ4v) is 5.16. The van der Waals surface area contributed by atoms with E-state index in [1.165, 1.54) is 0 Å². The van der Waals surface area contributed by atoms with Crippen molar-refractivity contribution in [3.05, 3.63) is 83.4 Å². The van der Waals surface area contributed by atoms with Gasteiger partial charge in [0.15, 0.2) is 5.78 Å². The third-order valence-corrected chi connectivity index (χ3v) is 6.30. The maximum Gasteiger partial charge on any atom is 0.252 e. The second-order valence-electron chi connectivity index (χ2n) is 6.49. The lowest BCUT2D eigenvalue weighted by atomic mass is 9.83. The molecule has 1 aromatic heterocycles. The lowest BCUT2D eigenvalue weighted by Crippen LogP contribution is -2.18. The largest absolute Gasteiger partial charge is 0.355 e. The molecule has 0 saturated carbocycles. The number of fused-ring (bicyclic) bond motifs is 2. The van der Waals surface area contributed by atoms with Crippen LogP contribution in [0.15, 0.2) is 66.7 Å². The van der Waals surface area contributed by atoms with Crippen LogP contribution in [0.3, 0.4) is 0 Å². The molecule has 0 atom stereocenters. The zero-order chi connectivity index (χ0) is 18.5. The maximum atomic E-state index is 13.1. The molecule has 130 valence electrons. The maximum absolute atomic E-state index is 13.1. The Balaban J connectivity index is 1.97. The second-order valence-corrected chi connectivity index (χ2v) is 7.51. The molecule has 0 aliphatic heterocycles. The molecular formula is C23H15NO2S. The Bertz CT molecular complexity index is 1240. The molecule has 27 heavy (non-hydrogen) atoms. The summed E-state index contributed by atoms with van der Waals surface area (Å²) in [5, 5.41) is 3.60. The van der Waals surface area contributed by atoms with E-state index in [1.807, 2.05) is 42.5 Å². The summed E-state index contributed by atoms with van der Waals surface area (Å²) in [5.41, 5.74) is 5.08. The van der Waals surface area contributed by atoms with E-state index in [-0.39, 0.29) is 11.7 Å². The van der Waals surface area contributed by atoms with Crippen molar-refractivity contribution in [2.24, 2.45) is 0 Å². The van der Waals surface area contributed by atoms with Crippen LogP contribution in [-0.2, 0) is 0 Å². The Morgan fingerprint density at radius 3 is 2.30 bits per heavy atom. The smallest absolute Gasteiger partial charge is 0.252 e. The van der Waals surface area contributed by atoms with Gasteiger partial charge in [-0.3, -0.25) is 9.59 Å². The van der Waals surface area contributed by atoms with Gasteiger partial charge in [-0.15, -0.1) is 11.3 Å². The van der Waals surface area contributed by atoms with Crippen molar-refractivity contribution < 1.29 is 9.59 Å². The summed E-state index contributed by atoms with van der Waals surface area (Å²) < 4.78 is 0.864. The van der Waals surface area contributed by atoms with Gasteiger partial charge in [-0.2, -0.15) is 0 Å². The molecule has 4 heteroatoms. The molecule has 1 aliphatic rings. The molecule has 0 bridgehead atoms. The summed E-state index contributed by atoms with van der Waals surface area (Å²) in [7, 11) is 1.63. The van der Waals surface area contributed by atoms with Crippen LogP contribution >= 0.6 is 11.3 Å². The predicted molar refractivity (Wildman–Crippen MR) is 110 cm³/mol.